The first-order chi connectivity index (χ1) is 11.1. The Hall–Kier alpha value is -2.73. The zero-order valence-electron chi connectivity index (χ0n) is 13.0. The number of carbonyl (C=O) groups excluding carboxylic acids is 1. The molecule has 0 spiro atoms. The Balaban J connectivity index is 1.78. The van der Waals surface area contributed by atoms with Crippen molar-refractivity contribution in [3.63, 3.8) is 0 Å². The van der Waals surface area contributed by atoms with Crippen molar-refractivity contribution in [1.29, 1.82) is 0 Å². The summed E-state index contributed by atoms with van der Waals surface area (Å²) >= 11 is 0. The van der Waals surface area contributed by atoms with Crippen molar-refractivity contribution in [1.82, 2.24) is 14.6 Å². The molecule has 1 aromatic carbocycles. The first kappa shape index (κ1) is 15.2. The number of hydrogen-bond acceptors (Lipinski definition) is 5. The molecule has 0 saturated carbocycles. The average molecular weight is 311 g/mol. The number of aryl methyl sites for hydroxylation is 2. The molecule has 0 amide bonds. The number of fused-ring (bicyclic) bond motifs is 1. The van der Waals surface area contributed by atoms with E-state index in [0.29, 0.717) is 11.2 Å². The fraction of sp³-hybridized carbons (Fsp3) is 0.235. The smallest absolute Gasteiger partial charge is 0.343 e. The summed E-state index contributed by atoms with van der Waals surface area (Å²) in [6, 6.07) is 9.14. The summed E-state index contributed by atoms with van der Waals surface area (Å²) in [4.78, 5) is 16.7. The van der Waals surface area contributed by atoms with E-state index in [1.807, 2.05) is 32.0 Å². The van der Waals surface area contributed by atoms with Gasteiger partial charge in [0.25, 0.3) is 0 Å². The van der Waals surface area contributed by atoms with Crippen LogP contribution in [0.2, 0.25) is 0 Å². The first-order valence-electron chi connectivity index (χ1n) is 7.26. The van der Waals surface area contributed by atoms with Crippen LogP contribution in [0.5, 0.6) is 0 Å². The Morgan fingerprint density at radius 3 is 2.61 bits per heavy atom. The maximum Gasteiger partial charge on any atom is 0.343 e. The molecule has 118 valence electrons. The normalized spacial score (nSPS) is 10.9. The van der Waals surface area contributed by atoms with Gasteiger partial charge in [0.1, 0.15) is 12.2 Å². The first-order valence-corrected chi connectivity index (χ1v) is 7.26. The molecule has 2 aromatic heterocycles. The molecule has 0 unspecified atom stereocenters. The van der Waals surface area contributed by atoms with Gasteiger partial charge in [0.05, 0.1) is 12.8 Å². The summed E-state index contributed by atoms with van der Waals surface area (Å²) in [6.45, 7) is 3.93. The zero-order valence-corrected chi connectivity index (χ0v) is 13.0. The van der Waals surface area contributed by atoms with Crippen LogP contribution >= 0.6 is 0 Å². The molecule has 0 radical (unpaired) electrons. The zero-order chi connectivity index (χ0) is 16.4. The van der Waals surface area contributed by atoms with Crippen molar-refractivity contribution in [3.8, 4) is 0 Å². The van der Waals surface area contributed by atoms with E-state index in [0.717, 1.165) is 22.5 Å². The third-order valence-electron chi connectivity index (χ3n) is 3.57. The average Bonchev–Trinajstić information content (AvgIpc) is 2.97. The quantitative estimate of drug-likeness (QED) is 0.747. The highest BCUT2D eigenvalue weighted by Crippen LogP contribution is 2.14. The topological polar surface area (TPSA) is 76.7 Å². The lowest BCUT2D eigenvalue weighted by atomic mass is 10.1. The maximum absolute atomic E-state index is 12.3. The van der Waals surface area contributed by atoms with Gasteiger partial charge in [-0.15, -0.1) is 0 Å². The second-order valence-electron chi connectivity index (χ2n) is 5.38. The molecule has 0 bridgehead atoms. The minimum Gasteiger partial charge on any atom is -0.457 e. The summed E-state index contributed by atoms with van der Waals surface area (Å²) in [5.74, 6) is -0.455. The van der Waals surface area contributed by atoms with Gasteiger partial charge in [0.15, 0.2) is 5.65 Å². The predicted molar refractivity (Wildman–Crippen MR) is 83.9 cm³/mol. The van der Waals surface area contributed by atoms with Crippen LogP contribution in [0.25, 0.3) is 5.65 Å². The van der Waals surface area contributed by atoms with Gasteiger partial charge in [-0.05, 0) is 31.0 Å². The maximum atomic E-state index is 12.3. The third-order valence-corrected chi connectivity index (χ3v) is 3.57. The fourth-order valence-corrected chi connectivity index (χ4v) is 2.38. The number of aromatic nitrogens is 3. The number of ether oxygens (including phenoxy) is 1. The van der Waals surface area contributed by atoms with Crippen LogP contribution in [0.4, 0.5) is 0 Å². The molecule has 0 atom stereocenters. The molecule has 1 N–H and O–H groups in total. The lowest BCUT2D eigenvalue weighted by Gasteiger charge is -2.05. The molecule has 2 heterocycles. The largest absolute Gasteiger partial charge is 0.457 e. The molecule has 6 nitrogen and oxygen atoms in total. The van der Waals surface area contributed by atoms with Crippen molar-refractivity contribution >= 4 is 11.6 Å². The Labute approximate surface area is 133 Å². The monoisotopic (exact) mass is 311 g/mol. The summed E-state index contributed by atoms with van der Waals surface area (Å²) in [5, 5.41) is 13.2. The van der Waals surface area contributed by atoms with E-state index in [1.54, 1.807) is 16.6 Å². The van der Waals surface area contributed by atoms with Gasteiger partial charge in [0.2, 0.25) is 0 Å². The van der Waals surface area contributed by atoms with Crippen LogP contribution < -0.4 is 0 Å². The minimum absolute atomic E-state index is 0.00711. The Bertz CT molecular complexity index is 853. The van der Waals surface area contributed by atoms with Crippen molar-refractivity contribution in [2.45, 2.75) is 27.1 Å². The van der Waals surface area contributed by atoms with Gasteiger partial charge in [0, 0.05) is 11.4 Å². The highest BCUT2D eigenvalue weighted by atomic mass is 16.5. The van der Waals surface area contributed by atoms with Gasteiger partial charge >= 0.3 is 5.97 Å². The number of esters is 1. The summed E-state index contributed by atoms with van der Waals surface area (Å²) in [5.41, 5.74) is 4.26. The van der Waals surface area contributed by atoms with E-state index in [2.05, 4.69) is 10.1 Å². The van der Waals surface area contributed by atoms with Crippen molar-refractivity contribution in [2.75, 3.05) is 0 Å². The molecule has 3 aromatic rings. The lowest BCUT2D eigenvalue weighted by molar-refractivity contribution is 0.0474. The molecule has 0 saturated heterocycles. The number of rotatable bonds is 4. The van der Waals surface area contributed by atoms with E-state index < -0.39 is 5.97 Å². The van der Waals surface area contributed by atoms with Gasteiger partial charge in [-0.2, -0.15) is 5.10 Å². The number of aliphatic hydroxyl groups excluding tert-OH is 1. The number of hydrogen-bond donors (Lipinski definition) is 1. The summed E-state index contributed by atoms with van der Waals surface area (Å²) in [7, 11) is 0. The number of nitrogens with zero attached hydrogens (tertiary/aromatic N) is 3. The second kappa shape index (κ2) is 6.18. The molecule has 0 aliphatic heterocycles. The Kier molecular flexibility index (Phi) is 4.08. The van der Waals surface area contributed by atoms with Gasteiger partial charge < -0.3 is 9.84 Å². The standard InChI is InChI=1S/C17H17N3O3/c1-11-7-12(2)20-16(19-11)15(8-18-20)17(22)23-10-14-5-3-13(9-21)4-6-14/h3-8,21H,9-10H2,1-2H3. The van der Waals surface area contributed by atoms with Crippen molar-refractivity contribution in [2.24, 2.45) is 0 Å². The number of carbonyl (C=O) groups is 1. The third kappa shape index (κ3) is 3.07. The van der Waals surface area contributed by atoms with Crippen LogP contribution in [-0.4, -0.2) is 25.7 Å². The minimum atomic E-state index is -0.455. The van der Waals surface area contributed by atoms with Gasteiger partial charge in [-0.1, -0.05) is 24.3 Å². The van der Waals surface area contributed by atoms with Crippen molar-refractivity contribution < 1.29 is 14.6 Å². The Morgan fingerprint density at radius 2 is 1.91 bits per heavy atom. The molecule has 0 aliphatic rings. The molecule has 6 heteroatoms. The Morgan fingerprint density at radius 1 is 1.22 bits per heavy atom. The summed E-state index contributed by atoms with van der Waals surface area (Å²) < 4.78 is 6.96. The molecule has 3 rings (SSSR count). The lowest BCUT2D eigenvalue weighted by Crippen LogP contribution is -2.06. The fourth-order valence-electron chi connectivity index (χ4n) is 2.38. The second-order valence-corrected chi connectivity index (χ2v) is 5.38. The van der Waals surface area contributed by atoms with Gasteiger partial charge in [-0.25, -0.2) is 14.3 Å². The van der Waals surface area contributed by atoms with Gasteiger partial charge in [-0.3, -0.25) is 0 Å². The predicted octanol–water partition coefficient (Wildman–Crippen LogP) is 2.20. The number of benzene rings is 1. The highest BCUT2D eigenvalue weighted by molar-refractivity contribution is 5.95. The molecule has 0 fully saturated rings. The molecule has 23 heavy (non-hydrogen) atoms. The van der Waals surface area contributed by atoms with E-state index >= 15 is 0 Å². The summed E-state index contributed by atoms with van der Waals surface area (Å²) in [6.07, 6.45) is 1.48. The molecule has 0 aliphatic carbocycles. The van der Waals surface area contributed by atoms with E-state index in [4.69, 9.17) is 9.84 Å². The van der Waals surface area contributed by atoms with Crippen LogP contribution in [0.15, 0.2) is 36.5 Å². The van der Waals surface area contributed by atoms with Crippen LogP contribution in [0.3, 0.4) is 0 Å². The van der Waals surface area contributed by atoms with Crippen LogP contribution in [-0.2, 0) is 18.0 Å². The molecular weight excluding hydrogens is 294 g/mol. The van der Waals surface area contributed by atoms with Crippen LogP contribution in [0.1, 0.15) is 32.9 Å². The highest BCUT2D eigenvalue weighted by Gasteiger charge is 2.16. The SMILES string of the molecule is Cc1cc(C)n2ncc(C(=O)OCc3ccc(CO)cc3)c2n1. The number of aliphatic hydroxyl groups is 1. The van der Waals surface area contributed by atoms with Crippen molar-refractivity contribution in [3.05, 3.63) is 64.6 Å². The molecular formula is C17H17N3O3. The van der Waals surface area contributed by atoms with E-state index in [-0.39, 0.29) is 13.2 Å². The van der Waals surface area contributed by atoms with E-state index in [1.165, 1.54) is 6.20 Å². The van der Waals surface area contributed by atoms with E-state index in [9.17, 15) is 4.79 Å². The van der Waals surface area contributed by atoms with Crippen LogP contribution in [0, 0.1) is 13.8 Å².